The molecule has 0 unspecified atom stereocenters. The highest BCUT2D eigenvalue weighted by Crippen LogP contribution is 2.28. The molecule has 14 heavy (non-hydrogen) atoms. The first-order valence-corrected chi connectivity index (χ1v) is 4.91. The van der Waals surface area contributed by atoms with Crippen molar-refractivity contribution in [2.45, 2.75) is 13.0 Å². The van der Waals surface area contributed by atoms with Crippen molar-refractivity contribution in [3.8, 4) is 11.8 Å². The molecular formula is C10H10BrNO2. The highest BCUT2D eigenvalue weighted by molar-refractivity contribution is 9.10. The predicted molar refractivity (Wildman–Crippen MR) is 55.9 cm³/mol. The van der Waals surface area contributed by atoms with Gasteiger partial charge in [0.15, 0.2) is 6.61 Å². The van der Waals surface area contributed by atoms with Crippen LogP contribution in [0.5, 0.6) is 5.75 Å². The van der Waals surface area contributed by atoms with Crippen molar-refractivity contribution in [2.75, 3.05) is 6.61 Å². The van der Waals surface area contributed by atoms with Crippen LogP contribution in [0.4, 0.5) is 0 Å². The second-order valence-electron chi connectivity index (χ2n) is 2.80. The Balaban J connectivity index is 2.97. The van der Waals surface area contributed by atoms with Crippen LogP contribution in [0.3, 0.4) is 0 Å². The number of aliphatic hydroxyl groups excluding tert-OH is 1. The van der Waals surface area contributed by atoms with Crippen molar-refractivity contribution >= 4 is 15.9 Å². The lowest BCUT2D eigenvalue weighted by Gasteiger charge is -2.11. The zero-order valence-electron chi connectivity index (χ0n) is 7.70. The number of ether oxygens (including phenoxy) is 1. The number of nitriles is 1. The van der Waals surface area contributed by atoms with Crippen molar-refractivity contribution in [2.24, 2.45) is 0 Å². The maximum absolute atomic E-state index is 9.44. The molecule has 0 aliphatic carbocycles. The Labute approximate surface area is 91.1 Å². The Bertz CT molecular complexity index is 358. The SMILES string of the molecule is C[C@H](O)c1cc(Br)ccc1OCC#N. The van der Waals surface area contributed by atoms with Gasteiger partial charge in [0, 0.05) is 10.0 Å². The fourth-order valence-corrected chi connectivity index (χ4v) is 1.47. The Morgan fingerprint density at radius 3 is 2.93 bits per heavy atom. The quantitative estimate of drug-likeness (QED) is 0.903. The summed E-state index contributed by atoms with van der Waals surface area (Å²) >= 11 is 3.30. The first kappa shape index (κ1) is 11.0. The Kier molecular flexibility index (Phi) is 3.93. The van der Waals surface area contributed by atoms with Gasteiger partial charge in [-0.3, -0.25) is 0 Å². The summed E-state index contributed by atoms with van der Waals surface area (Å²) in [4.78, 5) is 0. The van der Waals surface area contributed by atoms with Crippen molar-refractivity contribution in [3.63, 3.8) is 0 Å². The predicted octanol–water partition coefficient (Wildman–Crippen LogP) is 2.40. The molecule has 0 radical (unpaired) electrons. The molecule has 0 aromatic heterocycles. The lowest BCUT2D eigenvalue weighted by atomic mass is 10.1. The fourth-order valence-electron chi connectivity index (χ4n) is 1.09. The molecule has 0 aliphatic rings. The molecule has 3 nitrogen and oxygen atoms in total. The van der Waals surface area contributed by atoms with E-state index in [2.05, 4.69) is 15.9 Å². The summed E-state index contributed by atoms with van der Waals surface area (Å²) in [5.41, 5.74) is 0.676. The number of hydrogen-bond acceptors (Lipinski definition) is 3. The van der Waals surface area contributed by atoms with E-state index in [1.165, 1.54) is 0 Å². The zero-order valence-corrected chi connectivity index (χ0v) is 9.28. The van der Waals surface area contributed by atoms with Crippen LogP contribution in [-0.2, 0) is 0 Å². The molecule has 0 aliphatic heterocycles. The van der Waals surface area contributed by atoms with Gasteiger partial charge in [0.05, 0.1) is 6.10 Å². The summed E-state index contributed by atoms with van der Waals surface area (Å²) < 4.78 is 6.03. The van der Waals surface area contributed by atoms with Gasteiger partial charge in [0.2, 0.25) is 0 Å². The zero-order chi connectivity index (χ0) is 10.6. The van der Waals surface area contributed by atoms with Gasteiger partial charge in [-0.05, 0) is 25.1 Å². The van der Waals surface area contributed by atoms with Crippen LogP contribution in [0.1, 0.15) is 18.6 Å². The Morgan fingerprint density at radius 2 is 2.36 bits per heavy atom. The molecule has 0 saturated carbocycles. The van der Waals surface area contributed by atoms with Gasteiger partial charge in [0.25, 0.3) is 0 Å². The molecule has 1 aromatic rings. The van der Waals surface area contributed by atoms with E-state index in [0.717, 1.165) is 4.47 Å². The van der Waals surface area contributed by atoms with E-state index >= 15 is 0 Å². The van der Waals surface area contributed by atoms with E-state index in [0.29, 0.717) is 11.3 Å². The first-order valence-electron chi connectivity index (χ1n) is 4.12. The van der Waals surface area contributed by atoms with Gasteiger partial charge >= 0.3 is 0 Å². The average molecular weight is 256 g/mol. The molecule has 0 fully saturated rings. The number of benzene rings is 1. The van der Waals surface area contributed by atoms with Crippen LogP contribution in [-0.4, -0.2) is 11.7 Å². The highest BCUT2D eigenvalue weighted by atomic mass is 79.9. The lowest BCUT2D eigenvalue weighted by Crippen LogP contribution is -2.00. The molecule has 1 atom stereocenters. The molecule has 0 heterocycles. The summed E-state index contributed by atoms with van der Waals surface area (Å²) in [6.45, 7) is 1.64. The second kappa shape index (κ2) is 4.99. The van der Waals surface area contributed by atoms with Crippen molar-refractivity contribution in [1.82, 2.24) is 0 Å². The third-order valence-electron chi connectivity index (χ3n) is 1.71. The number of aliphatic hydroxyl groups is 1. The molecule has 0 saturated heterocycles. The largest absolute Gasteiger partial charge is 0.478 e. The molecular weight excluding hydrogens is 246 g/mol. The molecule has 0 bridgehead atoms. The number of halogens is 1. The van der Waals surface area contributed by atoms with Crippen LogP contribution in [0.15, 0.2) is 22.7 Å². The molecule has 1 rings (SSSR count). The fraction of sp³-hybridized carbons (Fsp3) is 0.300. The topological polar surface area (TPSA) is 53.2 Å². The highest BCUT2D eigenvalue weighted by Gasteiger charge is 2.09. The standard InChI is InChI=1S/C10H10BrNO2/c1-7(13)9-6-8(11)2-3-10(9)14-5-4-12/h2-3,6-7,13H,5H2,1H3/t7-/m0/s1. The van der Waals surface area contributed by atoms with E-state index in [4.69, 9.17) is 10.00 Å². The smallest absolute Gasteiger partial charge is 0.174 e. The van der Waals surface area contributed by atoms with Crippen LogP contribution in [0.2, 0.25) is 0 Å². The van der Waals surface area contributed by atoms with Gasteiger partial charge in [-0.2, -0.15) is 5.26 Å². The maximum Gasteiger partial charge on any atom is 0.174 e. The third kappa shape index (κ3) is 2.72. The van der Waals surface area contributed by atoms with E-state index in [9.17, 15) is 5.11 Å². The molecule has 1 aromatic carbocycles. The van der Waals surface area contributed by atoms with Crippen LogP contribution < -0.4 is 4.74 Å². The minimum Gasteiger partial charge on any atom is -0.478 e. The van der Waals surface area contributed by atoms with Crippen molar-refractivity contribution in [1.29, 1.82) is 5.26 Å². The molecule has 74 valence electrons. The van der Waals surface area contributed by atoms with Crippen molar-refractivity contribution in [3.05, 3.63) is 28.2 Å². The van der Waals surface area contributed by atoms with Crippen LogP contribution >= 0.6 is 15.9 Å². The molecule has 0 spiro atoms. The van der Waals surface area contributed by atoms with Gasteiger partial charge in [-0.1, -0.05) is 15.9 Å². The summed E-state index contributed by atoms with van der Waals surface area (Å²) in [5.74, 6) is 0.546. The maximum atomic E-state index is 9.44. The number of nitrogens with zero attached hydrogens (tertiary/aromatic N) is 1. The molecule has 0 amide bonds. The summed E-state index contributed by atoms with van der Waals surface area (Å²) in [5, 5.41) is 17.8. The summed E-state index contributed by atoms with van der Waals surface area (Å²) in [7, 11) is 0. The van der Waals surface area contributed by atoms with Gasteiger partial charge in [-0.25, -0.2) is 0 Å². The second-order valence-corrected chi connectivity index (χ2v) is 3.72. The molecule has 4 heteroatoms. The van der Waals surface area contributed by atoms with E-state index in [1.54, 1.807) is 25.1 Å². The first-order chi connectivity index (χ1) is 6.65. The Hall–Kier alpha value is -1.05. The van der Waals surface area contributed by atoms with Gasteiger partial charge in [0.1, 0.15) is 11.8 Å². The lowest BCUT2D eigenvalue weighted by molar-refractivity contribution is 0.193. The monoisotopic (exact) mass is 255 g/mol. The van der Waals surface area contributed by atoms with Gasteiger partial charge in [-0.15, -0.1) is 0 Å². The van der Waals surface area contributed by atoms with Crippen molar-refractivity contribution < 1.29 is 9.84 Å². The summed E-state index contributed by atoms with van der Waals surface area (Å²) in [6, 6.07) is 7.19. The van der Waals surface area contributed by atoms with E-state index < -0.39 is 6.10 Å². The van der Waals surface area contributed by atoms with Crippen LogP contribution in [0, 0.1) is 11.3 Å². The average Bonchev–Trinajstić information content (AvgIpc) is 2.15. The van der Waals surface area contributed by atoms with E-state index in [-0.39, 0.29) is 6.61 Å². The number of hydrogen-bond donors (Lipinski definition) is 1. The minimum absolute atomic E-state index is 0.0125. The summed E-state index contributed by atoms with van der Waals surface area (Å²) in [6.07, 6.45) is -0.610. The van der Waals surface area contributed by atoms with Gasteiger partial charge < -0.3 is 9.84 Å². The number of rotatable bonds is 3. The third-order valence-corrected chi connectivity index (χ3v) is 2.21. The van der Waals surface area contributed by atoms with E-state index in [1.807, 2.05) is 6.07 Å². The van der Waals surface area contributed by atoms with Crippen LogP contribution in [0.25, 0.3) is 0 Å². The molecule has 1 N–H and O–H groups in total. The minimum atomic E-state index is -0.610. The normalized spacial score (nSPS) is 11.9. The Morgan fingerprint density at radius 1 is 1.64 bits per heavy atom.